The largest absolute Gasteiger partial charge is 0.311 e. The molecule has 0 amide bonds. The van der Waals surface area contributed by atoms with Crippen LogP contribution in [0.1, 0.15) is 39.5 Å². The van der Waals surface area contributed by atoms with Crippen LogP contribution in [-0.4, -0.2) is 12.1 Å². The fourth-order valence-electron chi connectivity index (χ4n) is 2.25. The molecule has 0 spiro atoms. The number of nitrogens with one attached hydrogen (secondary N) is 1. The predicted octanol–water partition coefficient (Wildman–Crippen LogP) is 2.17. The third-order valence-corrected chi connectivity index (χ3v) is 3.10. The van der Waals surface area contributed by atoms with Crippen molar-refractivity contribution in [3.63, 3.8) is 0 Å². The van der Waals surface area contributed by atoms with Gasteiger partial charge in [0.2, 0.25) is 0 Å². The average molecular weight is 153 g/mol. The molecule has 0 saturated heterocycles. The van der Waals surface area contributed by atoms with Crippen molar-refractivity contribution in [1.82, 2.24) is 5.32 Å². The standard InChI is InChI=1S/C10H19N/c1-7(2)11-10-6-5-9(10)8-3-4-8/h7-11H,3-6H2,1-2H3. The van der Waals surface area contributed by atoms with Crippen LogP contribution < -0.4 is 5.32 Å². The predicted molar refractivity (Wildman–Crippen MR) is 47.5 cm³/mol. The monoisotopic (exact) mass is 153 g/mol. The molecule has 0 heterocycles. The van der Waals surface area contributed by atoms with Crippen molar-refractivity contribution < 1.29 is 0 Å². The molecule has 0 aliphatic heterocycles. The van der Waals surface area contributed by atoms with Gasteiger partial charge in [0.25, 0.3) is 0 Å². The lowest BCUT2D eigenvalue weighted by Crippen LogP contribution is -2.47. The van der Waals surface area contributed by atoms with E-state index in [-0.39, 0.29) is 0 Å². The van der Waals surface area contributed by atoms with Gasteiger partial charge in [-0.15, -0.1) is 0 Å². The first-order chi connectivity index (χ1) is 5.27. The Balaban J connectivity index is 1.76. The topological polar surface area (TPSA) is 12.0 Å². The van der Waals surface area contributed by atoms with Gasteiger partial charge in [-0.2, -0.15) is 0 Å². The molecule has 0 bridgehead atoms. The van der Waals surface area contributed by atoms with E-state index in [9.17, 15) is 0 Å². The second-order valence-electron chi connectivity index (χ2n) is 4.51. The third kappa shape index (κ3) is 1.58. The summed E-state index contributed by atoms with van der Waals surface area (Å²) < 4.78 is 0. The fraction of sp³-hybridized carbons (Fsp3) is 1.00. The molecule has 64 valence electrons. The van der Waals surface area contributed by atoms with Gasteiger partial charge >= 0.3 is 0 Å². The summed E-state index contributed by atoms with van der Waals surface area (Å²) in [6.07, 6.45) is 5.95. The minimum absolute atomic E-state index is 0.682. The number of hydrogen-bond donors (Lipinski definition) is 1. The van der Waals surface area contributed by atoms with Crippen LogP contribution in [0, 0.1) is 11.8 Å². The molecule has 0 radical (unpaired) electrons. The molecule has 1 heteroatoms. The minimum Gasteiger partial charge on any atom is -0.311 e. The van der Waals surface area contributed by atoms with Gasteiger partial charge in [-0.25, -0.2) is 0 Å². The molecule has 2 saturated carbocycles. The molecule has 2 rings (SSSR count). The van der Waals surface area contributed by atoms with E-state index in [1.54, 1.807) is 0 Å². The second kappa shape index (κ2) is 2.78. The molecular weight excluding hydrogens is 134 g/mol. The summed E-state index contributed by atoms with van der Waals surface area (Å²) in [7, 11) is 0. The normalized spacial score (nSPS) is 37.4. The van der Waals surface area contributed by atoms with Crippen LogP contribution in [0.15, 0.2) is 0 Å². The van der Waals surface area contributed by atoms with Crippen LogP contribution >= 0.6 is 0 Å². The molecule has 0 aromatic rings. The molecule has 1 N–H and O–H groups in total. The van der Waals surface area contributed by atoms with Gasteiger partial charge in [-0.05, 0) is 37.5 Å². The van der Waals surface area contributed by atoms with Crippen LogP contribution in [0.25, 0.3) is 0 Å². The summed E-state index contributed by atoms with van der Waals surface area (Å²) in [5, 5.41) is 3.65. The first-order valence-electron chi connectivity index (χ1n) is 5.03. The van der Waals surface area contributed by atoms with E-state index in [4.69, 9.17) is 0 Å². The van der Waals surface area contributed by atoms with E-state index in [0.29, 0.717) is 6.04 Å². The lowest BCUT2D eigenvalue weighted by molar-refractivity contribution is 0.173. The highest BCUT2D eigenvalue weighted by molar-refractivity contribution is 4.96. The Hall–Kier alpha value is -0.0400. The summed E-state index contributed by atoms with van der Waals surface area (Å²) in [6, 6.07) is 1.56. The van der Waals surface area contributed by atoms with E-state index in [1.165, 1.54) is 25.7 Å². The Morgan fingerprint density at radius 1 is 1.09 bits per heavy atom. The summed E-state index contributed by atoms with van der Waals surface area (Å²) in [4.78, 5) is 0. The van der Waals surface area contributed by atoms with E-state index in [2.05, 4.69) is 19.2 Å². The van der Waals surface area contributed by atoms with E-state index in [1.807, 2.05) is 0 Å². The Labute approximate surface area is 69.6 Å². The first kappa shape index (κ1) is 7.60. The fourth-order valence-corrected chi connectivity index (χ4v) is 2.25. The highest BCUT2D eigenvalue weighted by Crippen LogP contribution is 2.46. The van der Waals surface area contributed by atoms with Crippen molar-refractivity contribution in [2.24, 2.45) is 11.8 Å². The van der Waals surface area contributed by atoms with Crippen LogP contribution in [0.3, 0.4) is 0 Å². The molecule has 11 heavy (non-hydrogen) atoms. The Kier molecular flexibility index (Phi) is 1.92. The van der Waals surface area contributed by atoms with E-state index in [0.717, 1.165) is 17.9 Å². The number of hydrogen-bond acceptors (Lipinski definition) is 1. The number of rotatable bonds is 3. The molecule has 2 unspecified atom stereocenters. The van der Waals surface area contributed by atoms with Crippen LogP contribution in [0.4, 0.5) is 0 Å². The summed E-state index contributed by atoms with van der Waals surface area (Å²) in [5.41, 5.74) is 0. The Morgan fingerprint density at radius 3 is 2.18 bits per heavy atom. The minimum atomic E-state index is 0.682. The van der Waals surface area contributed by atoms with E-state index < -0.39 is 0 Å². The summed E-state index contributed by atoms with van der Waals surface area (Å²) >= 11 is 0. The quantitative estimate of drug-likeness (QED) is 0.655. The highest BCUT2D eigenvalue weighted by Gasteiger charge is 2.41. The van der Waals surface area contributed by atoms with Crippen molar-refractivity contribution >= 4 is 0 Å². The van der Waals surface area contributed by atoms with Gasteiger partial charge in [0, 0.05) is 12.1 Å². The molecule has 0 aromatic heterocycles. The smallest absolute Gasteiger partial charge is 0.0100 e. The second-order valence-corrected chi connectivity index (χ2v) is 4.51. The van der Waals surface area contributed by atoms with Crippen molar-refractivity contribution in [2.75, 3.05) is 0 Å². The van der Waals surface area contributed by atoms with Crippen LogP contribution in [0.2, 0.25) is 0 Å². The first-order valence-corrected chi connectivity index (χ1v) is 5.03. The maximum absolute atomic E-state index is 3.65. The Morgan fingerprint density at radius 2 is 1.82 bits per heavy atom. The lowest BCUT2D eigenvalue weighted by atomic mass is 9.76. The van der Waals surface area contributed by atoms with Gasteiger partial charge in [0.05, 0.1) is 0 Å². The van der Waals surface area contributed by atoms with Gasteiger partial charge in [-0.1, -0.05) is 13.8 Å². The van der Waals surface area contributed by atoms with Gasteiger partial charge < -0.3 is 5.32 Å². The van der Waals surface area contributed by atoms with Crippen molar-refractivity contribution in [3.05, 3.63) is 0 Å². The Bertz CT molecular complexity index is 138. The maximum atomic E-state index is 3.65. The van der Waals surface area contributed by atoms with Gasteiger partial charge in [-0.3, -0.25) is 0 Å². The van der Waals surface area contributed by atoms with Crippen LogP contribution in [0.5, 0.6) is 0 Å². The zero-order valence-electron chi connectivity index (χ0n) is 7.64. The van der Waals surface area contributed by atoms with Crippen LogP contribution in [-0.2, 0) is 0 Å². The summed E-state index contributed by atoms with van der Waals surface area (Å²) in [6.45, 7) is 4.50. The van der Waals surface area contributed by atoms with Gasteiger partial charge in [0.1, 0.15) is 0 Å². The van der Waals surface area contributed by atoms with Crippen molar-refractivity contribution in [3.8, 4) is 0 Å². The highest BCUT2D eigenvalue weighted by atomic mass is 15.0. The summed E-state index contributed by atoms with van der Waals surface area (Å²) in [5.74, 6) is 2.16. The molecule has 2 fully saturated rings. The molecule has 2 aliphatic carbocycles. The van der Waals surface area contributed by atoms with E-state index >= 15 is 0 Å². The molecule has 2 aliphatic rings. The zero-order valence-corrected chi connectivity index (χ0v) is 7.64. The molecule has 1 nitrogen and oxygen atoms in total. The SMILES string of the molecule is CC(C)NC1CCC1C1CC1. The lowest BCUT2D eigenvalue weighted by Gasteiger charge is -2.39. The van der Waals surface area contributed by atoms with Crippen molar-refractivity contribution in [1.29, 1.82) is 0 Å². The molecule has 0 aromatic carbocycles. The third-order valence-electron chi connectivity index (χ3n) is 3.10. The maximum Gasteiger partial charge on any atom is 0.0100 e. The zero-order chi connectivity index (χ0) is 7.84. The molecular formula is C10H19N. The van der Waals surface area contributed by atoms with Gasteiger partial charge in [0.15, 0.2) is 0 Å². The van der Waals surface area contributed by atoms with Crippen molar-refractivity contribution in [2.45, 2.75) is 51.6 Å². The molecule has 2 atom stereocenters. The average Bonchev–Trinajstić information content (AvgIpc) is 2.64.